The molecule has 87 heavy (non-hydrogen) atoms. The lowest BCUT2D eigenvalue weighted by molar-refractivity contribution is -0.337. The highest BCUT2D eigenvalue weighted by molar-refractivity contribution is 5.94. The summed E-state index contributed by atoms with van der Waals surface area (Å²) in [6.45, 7) is 2.06. The zero-order valence-electron chi connectivity index (χ0n) is 48.8. The quantitative estimate of drug-likeness (QED) is 0.0394. The molecule has 2 heterocycles. The Morgan fingerprint density at radius 3 is 0.770 bits per heavy atom. The first-order valence-corrected chi connectivity index (χ1v) is 29.6. The van der Waals surface area contributed by atoms with Gasteiger partial charge in [-0.25, -0.2) is 0 Å². The second kappa shape index (κ2) is 31.8. The van der Waals surface area contributed by atoms with Crippen LogP contribution < -0.4 is 0 Å². The van der Waals surface area contributed by atoms with Crippen LogP contribution >= 0.6 is 0 Å². The van der Waals surface area contributed by atoms with Crippen LogP contribution in [-0.2, 0) is 110 Å². The van der Waals surface area contributed by atoms with Crippen LogP contribution in [0.5, 0.6) is 0 Å². The van der Waals surface area contributed by atoms with Crippen molar-refractivity contribution >= 4 is 11.9 Å². The van der Waals surface area contributed by atoms with E-state index in [0.29, 0.717) is 0 Å². The summed E-state index contributed by atoms with van der Waals surface area (Å²) in [4.78, 5) is 29.1. The summed E-state index contributed by atoms with van der Waals surface area (Å²) in [6, 6.07) is 77.2. The van der Waals surface area contributed by atoms with Crippen molar-refractivity contribution in [2.45, 2.75) is 121 Å². The standard InChI is InChI=1S/C73H76O14/c1-73(62(71(74)75)72(76)77,69-67(84-48-58-38-22-8-23-39-58)65(82-46-56-34-18-6-19-35-56)63(80-44-54-30-14-4-15-31-54)60(86-69)50-78-42-52-26-10-2-11-27-52)70-68(85-49-59-40-24-9-25-41-59)66(83-47-57-36-20-7-21-37-57)64(81-45-55-32-16-5-17-33-55)61(87-70)51-79-43-53-28-12-3-13-29-53/h2-41,60-70H,42-51H2,1H3,(H,74,75)(H,76,77)/t60-,61-,63-,64-,65+,66+,67-,68-,69?,70?,73?/m1/s1. The van der Waals surface area contributed by atoms with Crippen molar-refractivity contribution in [2.75, 3.05) is 13.2 Å². The number of hydrogen-bond donors (Lipinski definition) is 2. The van der Waals surface area contributed by atoms with E-state index in [2.05, 4.69) is 0 Å². The molecule has 2 saturated heterocycles. The first-order valence-electron chi connectivity index (χ1n) is 29.6. The van der Waals surface area contributed by atoms with Gasteiger partial charge in [-0.2, -0.15) is 0 Å². The maximum Gasteiger partial charge on any atom is 0.318 e. The molecule has 10 rings (SSSR count). The van der Waals surface area contributed by atoms with E-state index < -0.39 is 84.3 Å². The van der Waals surface area contributed by atoms with Crippen molar-refractivity contribution in [3.8, 4) is 0 Å². The van der Waals surface area contributed by atoms with Crippen LogP contribution in [0, 0.1) is 11.3 Å². The van der Waals surface area contributed by atoms with E-state index in [-0.39, 0.29) is 66.1 Å². The number of aliphatic carboxylic acids is 2. The third-order valence-corrected chi connectivity index (χ3v) is 16.1. The summed E-state index contributed by atoms with van der Waals surface area (Å²) >= 11 is 0. The average Bonchev–Trinajstić information content (AvgIpc) is 0.842. The van der Waals surface area contributed by atoms with Crippen LogP contribution in [0.2, 0.25) is 0 Å². The normalized spacial score (nSPS) is 22.7. The number of ether oxygens (including phenoxy) is 10. The molecular formula is C73H76O14. The van der Waals surface area contributed by atoms with Crippen LogP contribution in [0.3, 0.4) is 0 Å². The number of benzene rings is 8. The molecule has 2 fully saturated rings. The number of hydrogen-bond acceptors (Lipinski definition) is 12. The van der Waals surface area contributed by atoms with Crippen LogP contribution in [0.15, 0.2) is 243 Å². The van der Waals surface area contributed by atoms with E-state index in [9.17, 15) is 19.8 Å². The summed E-state index contributed by atoms with van der Waals surface area (Å²) in [7, 11) is 0. The summed E-state index contributed by atoms with van der Waals surface area (Å²) in [6.07, 6.45) is -11.8. The molecule has 452 valence electrons. The lowest BCUT2D eigenvalue weighted by Gasteiger charge is -2.58. The summed E-state index contributed by atoms with van der Waals surface area (Å²) < 4.78 is 71.4. The van der Waals surface area contributed by atoms with E-state index in [0.717, 1.165) is 44.5 Å². The van der Waals surface area contributed by atoms with Crippen molar-refractivity contribution in [1.82, 2.24) is 0 Å². The Balaban J connectivity index is 1.16. The van der Waals surface area contributed by atoms with Crippen molar-refractivity contribution in [3.63, 3.8) is 0 Å². The predicted octanol–water partition coefficient (Wildman–Crippen LogP) is 12.3. The van der Waals surface area contributed by atoms with Gasteiger partial charge in [-0.1, -0.05) is 250 Å². The Labute approximate surface area is 509 Å². The van der Waals surface area contributed by atoms with Gasteiger partial charge in [0.25, 0.3) is 0 Å². The minimum absolute atomic E-state index is 0.0222. The molecule has 2 aliphatic rings. The third kappa shape index (κ3) is 16.9. The molecular weight excluding hydrogens is 1100 g/mol. The predicted molar refractivity (Wildman–Crippen MR) is 327 cm³/mol. The van der Waals surface area contributed by atoms with E-state index in [4.69, 9.17) is 47.4 Å². The van der Waals surface area contributed by atoms with Crippen LogP contribution in [0.4, 0.5) is 0 Å². The maximum atomic E-state index is 14.6. The number of carbonyl (C=O) groups is 2. The monoisotopic (exact) mass is 1180 g/mol. The highest BCUT2D eigenvalue weighted by Crippen LogP contribution is 2.51. The fourth-order valence-electron chi connectivity index (χ4n) is 11.7. The molecule has 0 radical (unpaired) electrons. The van der Waals surface area contributed by atoms with Crippen molar-refractivity contribution in [1.29, 1.82) is 0 Å². The van der Waals surface area contributed by atoms with E-state index in [1.807, 2.05) is 243 Å². The molecule has 8 aromatic carbocycles. The van der Waals surface area contributed by atoms with E-state index >= 15 is 0 Å². The highest BCUT2D eigenvalue weighted by atomic mass is 16.6. The van der Waals surface area contributed by atoms with Crippen molar-refractivity contribution < 1.29 is 67.2 Å². The van der Waals surface area contributed by atoms with E-state index in [1.165, 1.54) is 0 Å². The van der Waals surface area contributed by atoms with Crippen molar-refractivity contribution in [3.05, 3.63) is 287 Å². The Hall–Kier alpha value is -7.70. The molecule has 2 aliphatic heterocycles. The van der Waals surface area contributed by atoms with Gasteiger partial charge in [0.2, 0.25) is 0 Å². The van der Waals surface area contributed by atoms with Crippen LogP contribution in [-0.4, -0.2) is 96.4 Å². The molecule has 0 saturated carbocycles. The van der Waals surface area contributed by atoms with Gasteiger partial charge < -0.3 is 57.6 Å². The van der Waals surface area contributed by atoms with E-state index in [1.54, 1.807) is 6.92 Å². The Kier molecular flexibility index (Phi) is 22.8. The van der Waals surface area contributed by atoms with Crippen LogP contribution in [0.1, 0.15) is 51.4 Å². The zero-order chi connectivity index (χ0) is 60.1. The fraction of sp³-hybridized carbons (Fsp3) is 0.315. The Morgan fingerprint density at radius 2 is 0.540 bits per heavy atom. The second-order valence-corrected chi connectivity index (χ2v) is 22.2. The second-order valence-electron chi connectivity index (χ2n) is 22.2. The fourth-order valence-corrected chi connectivity index (χ4v) is 11.7. The van der Waals surface area contributed by atoms with Crippen molar-refractivity contribution in [2.24, 2.45) is 11.3 Å². The molecule has 14 nitrogen and oxygen atoms in total. The molecule has 10 atom stereocenters. The Bertz CT molecular complexity index is 3040. The number of carboxylic acid groups (broad SMARTS) is 2. The molecule has 0 spiro atoms. The SMILES string of the molecule is CC(C(C(=O)O)C(=O)O)(C1O[C@H](COCc2ccccc2)[C@@H](OCc2ccccc2)[C@H](OCc2ccccc2)[C@H]1OCc1ccccc1)C1O[C@H](COCc2ccccc2)[C@@H](OCc2ccccc2)[C@H](OCc2ccccc2)[C@H]1OCc1ccccc1. The highest BCUT2D eigenvalue weighted by Gasteiger charge is 2.67. The molecule has 14 heteroatoms. The first kappa shape index (κ1) is 62.4. The lowest BCUT2D eigenvalue weighted by Crippen LogP contribution is -2.73. The van der Waals surface area contributed by atoms with Gasteiger partial charge in [0, 0.05) is 5.41 Å². The van der Waals surface area contributed by atoms with Gasteiger partial charge >= 0.3 is 11.9 Å². The van der Waals surface area contributed by atoms with Gasteiger partial charge in [-0.05, 0) is 44.5 Å². The molecule has 2 unspecified atom stereocenters. The molecule has 0 aliphatic carbocycles. The smallest absolute Gasteiger partial charge is 0.318 e. The third-order valence-electron chi connectivity index (χ3n) is 16.1. The van der Waals surface area contributed by atoms with Gasteiger partial charge in [-0.15, -0.1) is 0 Å². The van der Waals surface area contributed by atoms with Gasteiger partial charge in [-0.3, -0.25) is 9.59 Å². The maximum absolute atomic E-state index is 14.6. The minimum Gasteiger partial charge on any atom is -0.481 e. The summed E-state index contributed by atoms with van der Waals surface area (Å²) in [5.41, 5.74) is 4.58. The molecule has 0 aromatic heterocycles. The van der Waals surface area contributed by atoms with Gasteiger partial charge in [0.1, 0.15) is 48.8 Å². The number of rotatable bonds is 31. The number of carboxylic acids is 2. The largest absolute Gasteiger partial charge is 0.481 e. The molecule has 0 amide bonds. The molecule has 8 aromatic rings. The topological polar surface area (TPSA) is 167 Å². The summed E-state index contributed by atoms with van der Waals surface area (Å²) in [5.74, 6) is -5.57. The lowest BCUT2D eigenvalue weighted by atomic mass is 9.62. The zero-order valence-corrected chi connectivity index (χ0v) is 48.8. The molecule has 2 N–H and O–H groups in total. The Morgan fingerprint density at radius 1 is 0.333 bits per heavy atom. The first-order chi connectivity index (χ1) is 42.7. The van der Waals surface area contributed by atoms with Gasteiger partial charge in [0.15, 0.2) is 5.92 Å². The molecule has 0 bridgehead atoms. The van der Waals surface area contributed by atoms with Gasteiger partial charge in [0.05, 0.1) is 78.3 Å². The minimum atomic E-state index is -2.27. The summed E-state index contributed by atoms with van der Waals surface area (Å²) in [5, 5.41) is 23.6. The van der Waals surface area contributed by atoms with Crippen LogP contribution in [0.25, 0.3) is 0 Å². The average molecular weight is 1180 g/mol.